The van der Waals surface area contributed by atoms with Crippen LogP contribution in [0.25, 0.3) is 11.0 Å². The SMILES string of the molecule is CN(c1c(C#N)c(=O)n(C)c2ccc(C#N)nc12)C1CCCCC1.Cc1cc(NCC2CC2)ccc1F. The molecule has 0 radical (unpaired) electrons. The zero-order valence-electron chi connectivity index (χ0n) is 21.7. The van der Waals surface area contributed by atoms with Crippen LogP contribution < -0.4 is 15.8 Å². The molecule has 192 valence electrons. The third-order valence-corrected chi connectivity index (χ3v) is 7.37. The van der Waals surface area contributed by atoms with Crippen molar-refractivity contribution in [3.05, 3.63) is 63.3 Å². The van der Waals surface area contributed by atoms with E-state index in [0.29, 0.717) is 22.3 Å². The number of aryl methyl sites for hydroxylation is 2. The van der Waals surface area contributed by atoms with Crippen LogP contribution in [0.4, 0.5) is 15.8 Å². The Balaban J connectivity index is 0.000000207. The molecule has 0 amide bonds. The van der Waals surface area contributed by atoms with E-state index in [1.807, 2.05) is 24.1 Å². The van der Waals surface area contributed by atoms with Crippen LogP contribution in [-0.4, -0.2) is 29.2 Å². The summed E-state index contributed by atoms with van der Waals surface area (Å²) in [6, 6.07) is 12.9. The summed E-state index contributed by atoms with van der Waals surface area (Å²) in [6.45, 7) is 2.82. The minimum atomic E-state index is -0.325. The normalized spacial score (nSPS) is 15.3. The summed E-state index contributed by atoms with van der Waals surface area (Å²) in [5, 5.41) is 22.0. The van der Waals surface area contributed by atoms with E-state index in [9.17, 15) is 14.4 Å². The van der Waals surface area contributed by atoms with Gasteiger partial charge in [-0.25, -0.2) is 9.37 Å². The molecule has 2 saturated carbocycles. The van der Waals surface area contributed by atoms with E-state index in [-0.39, 0.29) is 28.7 Å². The van der Waals surface area contributed by atoms with Crippen molar-refractivity contribution < 1.29 is 4.39 Å². The Morgan fingerprint density at radius 1 is 1.11 bits per heavy atom. The zero-order valence-corrected chi connectivity index (χ0v) is 21.7. The van der Waals surface area contributed by atoms with Crippen molar-refractivity contribution in [2.45, 2.75) is 57.9 Å². The quantitative estimate of drug-likeness (QED) is 0.504. The molecule has 2 aromatic heterocycles. The lowest BCUT2D eigenvalue weighted by Gasteiger charge is -2.33. The molecule has 5 rings (SSSR count). The maximum atomic E-state index is 12.9. The van der Waals surface area contributed by atoms with Gasteiger partial charge in [-0.1, -0.05) is 19.3 Å². The number of rotatable bonds is 5. The Bertz CT molecular complexity index is 1420. The predicted molar refractivity (Wildman–Crippen MR) is 144 cm³/mol. The Kier molecular flexibility index (Phi) is 8.08. The highest BCUT2D eigenvalue weighted by Gasteiger charge is 2.26. The van der Waals surface area contributed by atoms with E-state index in [2.05, 4.69) is 16.4 Å². The molecule has 1 N–H and O–H groups in total. The van der Waals surface area contributed by atoms with Crippen LogP contribution in [0.15, 0.2) is 35.1 Å². The minimum absolute atomic E-state index is 0.0978. The molecule has 37 heavy (non-hydrogen) atoms. The second-order valence-electron chi connectivity index (χ2n) is 10.1. The van der Waals surface area contributed by atoms with Gasteiger partial charge in [0.25, 0.3) is 5.56 Å². The van der Waals surface area contributed by atoms with Gasteiger partial charge >= 0.3 is 0 Å². The molecule has 2 fully saturated rings. The Morgan fingerprint density at radius 3 is 2.46 bits per heavy atom. The summed E-state index contributed by atoms with van der Waals surface area (Å²) < 4.78 is 14.3. The maximum Gasteiger partial charge on any atom is 0.270 e. The van der Waals surface area contributed by atoms with Crippen LogP contribution in [0, 0.1) is 41.3 Å². The zero-order chi connectivity index (χ0) is 26.5. The molecule has 2 heterocycles. The lowest BCUT2D eigenvalue weighted by atomic mass is 9.93. The number of nitriles is 2. The van der Waals surface area contributed by atoms with Crippen molar-refractivity contribution in [2.24, 2.45) is 13.0 Å². The van der Waals surface area contributed by atoms with E-state index >= 15 is 0 Å². The number of nitrogens with zero attached hydrogens (tertiary/aromatic N) is 5. The molecular weight excluding hydrogens is 467 g/mol. The topological polar surface area (TPSA) is 97.7 Å². The van der Waals surface area contributed by atoms with Gasteiger partial charge in [-0.2, -0.15) is 10.5 Å². The van der Waals surface area contributed by atoms with Gasteiger partial charge in [-0.15, -0.1) is 0 Å². The van der Waals surface area contributed by atoms with Crippen LogP contribution in [0.2, 0.25) is 0 Å². The number of pyridine rings is 2. The molecule has 0 unspecified atom stereocenters. The summed E-state index contributed by atoms with van der Waals surface area (Å²) in [7, 11) is 3.55. The van der Waals surface area contributed by atoms with Crippen molar-refractivity contribution in [1.29, 1.82) is 10.5 Å². The molecular formula is C29H33FN6O. The van der Waals surface area contributed by atoms with Gasteiger partial charge in [0.1, 0.15) is 34.7 Å². The summed E-state index contributed by atoms with van der Waals surface area (Å²) in [5.74, 6) is 0.724. The Hall–Kier alpha value is -3.91. The fraction of sp³-hybridized carbons (Fsp3) is 0.448. The molecule has 0 spiro atoms. The Labute approximate surface area is 217 Å². The third kappa shape index (κ3) is 5.91. The van der Waals surface area contributed by atoms with Gasteiger partial charge in [0.2, 0.25) is 0 Å². The maximum absolute atomic E-state index is 12.9. The highest BCUT2D eigenvalue weighted by atomic mass is 19.1. The summed E-state index contributed by atoms with van der Waals surface area (Å²) in [6.07, 6.45) is 8.28. The van der Waals surface area contributed by atoms with Gasteiger partial charge < -0.3 is 14.8 Å². The van der Waals surface area contributed by atoms with E-state index < -0.39 is 0 Å². The van der Waals surface area contributed by atoms with Crippen LogP contribution in [0.5, 0.6) is 0 Å². The van der Waals surface area contributed by atoms with Crippen molar-refractivity contribution in [1.82, 2.24) is 9.55 Å². The van der Waals surface area contributed by atoms with Gasteiger partial charge in [-0.05, 0) is 74.4 Å². The number of fused-ring (bicyclic) bond motifs is 1. The first-order valence-corrected chi connectivity index (χ1v) is 12.9. The third-order valence-electron chi connectivity index (χ3n) is 7.37. The Morgan fingerprint density at radius 2 is 1.84 bits per heavy atom. The average Bonchev–Trinajstić information content (AvgIpc) is 3.76. The molecule has 8 heteroatoms. The number of hydrogen-bond donors (Lipinski definition) is 1. The van der Waals surface area contributed by atoms with Crippen molar-refractivity contribution in [3.63, 3.8) is 0 Å². The van der Waals surface area contributed by atoms with Gasteiger partial charge in [0.05, 0.1) is 11.2 Å². The molecule has 0 saturated heterocycles. The van der Waals surface area contributed by atoms with Crippen molar-refractivity contribution >= 4 is 22.4 Å². The number of aromatic nitrogens is 2. The van der Waals surface area contributed by atoms with Gasteiger partial charge in [0.15, 0.2) is 0 Å². The number of anilines is 2. The second kappa shape index (κ2) is 11.4. The fourth-order valence-corrected chi connectivity index (χ4v) is 4.89. The smallest absolute Gasteiger partial charge is 0.270 e. The highest BCUT2D eigenvalue weighted by Crippen LogP contribution is 2.32. The number of hydrogen-bond acceptors (Lipinski definition) is 6. The molecule has 0 aliphatic heterocycles. The standard InChI is InChI=1S/C18H19N5O.C11H14FN/c1-22(13-6-4-3-5-7-13)17-14(11-20)18(24)23(2)15-9-8-12(10-19)21-16(15)17;1-8-6-10(4-5-11(8)12)13-7-9-2-3-9/h8-9,13H,3-7H2,1-2H3;4-6,9,13H,2-3,7H2,1H3. The second-order valence-corrected chi connectivity index (χ2v) is 10.1. The molecule has 0 atom stereocenters. The molecule has 3 aromatic rings. The monoisotopic (exact) mass is 500 g/mol. The molecule has 7 nitrogen and oxygen atoms in total. The lowest BCUT2D eigenvalue weighted by Crippen LogP contribution is -2.36. The van der Waals surface area contributed by atoms with E-state index in [1.54, 1.807) is 32.2 Å². The van der Waals surface area contributed by atoms with Crippen LogP contribution in [-0.2, 0) is 7.05 Å². The first-order chi connectivity index (χ1) is 17.8. The number of benzene rings is 1. The average molecular weight is 501 g/mol. The van der Waals surface area contributed by atoms with E-state index in [1.165, 1.54) is 29.9 Å². The highest BCUT2D eigenvalue weighted by molar-refractivity contribution is 5.92. The predicted octanol–water partition coefficient (Wildman–Crippen LogP) is 5.40. The molecule has 0 bridgehead atoms. The minimum Gasteiger partial charge on any atom is -0.385 e. The molecule has 2 aliphatic carbocycles. The first kappa shape index (κ1) is 26.2. The van der Waals surface area contributed by atoms with Crippen LogP contribution in [0.1, 0.15) is 61.8 Å². The van der Waals surface area contributed by atoms with Gasteiger partial charge in [0, 0.05) is 32.4 Å². The summed E-state index contributed by atoms with van der Waals surface area (Å²) in [5.41, 5.74) is 3.53. The number of halogens is 1. The first-order valence-electron chi connectivity index (χ1n) is 12.9. The van der Waals surface area contributed by atoms with E-state index in [4.69, 9.17) is 5.26 Å². The van der Waals surface area contributed by atoms with Crippen LogP contribution in [0.3, 0.4) is 0 Å². The lowest BCUT2D eigenvalue weighted by molar-refractivity contribution is 0.428. The molecule has 2 aliphatic rings. The van der Waals surface area contributed by atoms with Crippen LogP contribution >= 0.6 is 0 Å². The fourth-order valence-electron chi connectivity index (χ4n) is 4.89. The van der Waals surface area contributed by atoms with Gasteiger partial charge in [-0.3, -0.25) is 4.79 Å². The number of nitrogens with one attached hydrogen (secondary N) is 1. The summed E-state index contributed by atoms with van der Waals surface area (Å²) >= 11 is 0. The van der Waals surface area contributed by atoms with E-state index in [0.717, 1.165) is 43.8 Å². The van der Waals surface area contributed by atoms with Crippen molar-refractivity contribution in [2.75, 3.05) is 23.8 Å². The van der Waals surface area contributed by atoms with Crippen molar-refractivity contribution in [3.8, 4) is 12.1 Å². The summed E-state index contributed by atoms with van der Waals surface area (Å²) in [4.78, 5) is 19.0. The molecule has 1 aromatic carbocycles. The largest absolute Gasteiger partial charge is 0.385 e.